The zero-order valence-electron chi connectivity index (χ0n) is 28.5. The van der Waals surface area contributed by atoms with Crippen molar-refractivity contribution in [3.05, 3.63) is 12.2 Å². The van der Waals surface area contributed by atoms with Gasteiger partial charge in [0.25, 0.3) is 0 Å². The highest BCUT2D eigenvalue weighted by molar-refractivity contribution is 7.91. The lowest BCUT2D eigenvalue weighted by Crippen LogP contribution is -2.77. The summed E-state index contributed by atoms with van der Waals surface area (Å²) in [6.45, 7) is 23.8. The van der Waals surface area contributed by atoms with Gasteiger partial charge in [0.15, 0.2) is 0 Å². The first-order valence-corrected chi connectivity index (χ1v) is 19.8. The number of nitrogens with one attached hydrogen (secondary N) is 1. The predicted molar refractivity (Wildman–Crippen MR) is 177 cm³/mol. The van der Waals surface area contributed by atoms with Crippen molar-refractivity contribution >= 4 is 15.6 Å². The lowest BCUT2D eigenvalue weighted by Gasteiger charge is -2.74. The Morgan fingerprint density at radius 3 is 2.26 bits per heavy atom. The molecule has 1 aliphatic heterocycles. The average molecular weight is 615 g/mol. The Balaban J connectivity index is 1.29. The molecule has 0 amide bonds. The highest BCUT2D eigenvalue weighted by Crippen LogP contribution is 2.77. The van der Waals surface area contributed by atoms with Crippen LogP contribution in [0.5, 0.6) is 0 Å². The van der Waals surface area contributed by atoms with Crippen LogP contribution in [0, 0.1) is 57.7 Å². The number of hydrogen-bond donors (Lipinski definition) is 1. The third-order valence-electron chi connectivity index (χ3n) is 15.9. The number of Topliss-reactive ketones (excluding diaryl/α,β-unsaturated/α-hetero) is 1. The van der Waals surface area contributed by atoms with Crippen LogP contribution in [0.2, 0.25) is 0 Å². The second-order valence-electron chi connectivity index (χ2n) is 17.6. The van der Waals surface area contributed by atoms with Gasteiger partial charge in [-0.3, -0.25) is 4.79 Å². The molecule has 6 aliphatic rings. The molecule has 43 heavy (non-hydrogen) atoms. The zero-order valence-corrected chi connectivity index (χ0v) is 29.3. The van der Waals surface area contributed by atoms with Crippen molar-refractivity contribution in [2.75, 3.05) is 32.4 Å². The number of ketones is 1. The lowest BCUT2D eigenvalue weighted by atomic mass is 9.32. The normalized spacial score (nSPS) is 44.6. The summed E-state index contributed by atoms with van der Waals surface area (Å²) < 4.78 is 24.3. The number of sulfone groups is 1. The van der Waals surface area contributed by atoms with Gasteiger partial charge >= 0.3 is 0 Å². The average Bonchev–Trinajstić information content (AvgIpc) is 3.26. The molecule has 6 fully saturated rings. The van der Waals surface area contributed by atoms with Gasteiger partial charge in [0.1, 0.15) is 15.6 Å². The standard InChI is InChI=1S/C37H62N2O3S/c1-24(2)31-15-18-37(38-19-22-39-20-16-27(17-21-39)43(8,41)42)35(5,6)34(3,4)33-30-11-9-25-23-26(40)10-12-28(25)29(30)13-14-32(33)36(31,37)7/h25,27-33,38H,1,9-23H2,2-8H3. The van der Waals surface area contributed by atoms with E-state index in [0.717, 1.165) is 76.0 Å². The Bertz CT molecular complexity index is 1220. The molecule has 5 saturated carbocycles. The van der Waals surface area contributed by atoms with Gasteiger partial charge < -0.3 is 10.2 Å². The monoisotopic (exact) mass is 614 g/mol. The summed E-state index contributed by atoms with van der Waals surface area (Å²) in [5.74, 6) is 5.43. The fraction of sp³-hybridized carbons (Fsp3) is 0.919. The number of carbonyl (C=O) groups excluding carboxylic acids is 1. The largest absolute Gasteiger partial charge is 0.309 e. The molecule has 1 N–H and O–H groups in total. The van der Waals surface area contributed by atoms with E-state index in [1.807, 2.05) is 0 Å². The van der Waals surface area contributed by atoms with Crippen LogP contribution >= 0.6 is 0 Å². The topological polar surface area (TPSA) is 66.5 Å². The smallest absolute Gasteiger partial charge is 0.150 e. The van der Waals surface area contributed by atoms with Crippen molar-refractivity contribution in [1.29, 1.82) is 0 Å². The fourth-order valence-electron chi connectivity index (χ4n) is 13.4. The summed E-state index contributed by atoms with van der Waals surface area (Å²) in [6, 6.07) is 0. The summed E-state index contributed by atoms with van der Waals surface area (Å²) in [5, 5.41) is 4.21. The van der Waals surface area contributed by atoms with Crippen molar-refractivity contribution in [2.24, 2.45) is 57.7 Å². The Hall–Kier alpha value is -0.720. The van der Waals surface area contributed by atoms with Crippen LogP contribution in [0.1, 0.15) is 112 Å². The molecular weight excluding hydrogens is 552 g/mol. The van der Waals surface area contributed by atoms with E-state index >= 15 is 0 Å². The fourth-order valence-corrected chi connectivity index (χ4v) is 14.4. The van der Waals surface area contributed by atoms with Gasteiger partial charge in [-0.15, -0.1) is 0 Å². The number of carbonyl (C=O) groups is 1. The van der Waals surface area contributed by atoms with Crippen LogP contribution in [0.25, 0.3) is 0 Å². The second-order valence-corrected chi connectivity index (χ2v) is 19.9. The van der Waals surface area contributed by atoms with Gasteiger partial charge in [0.2, 0.25) is 0 Å². The molecule has 6 rings (SSSR count). The lowest BCUT2D eigenvalue weighted by molar-refractivity contribution is -0.238. The number of hydrogen-bond acceptors (Lipinski definition) is 5. The number of piperidine rings is 1. The quantitative estimate of drug-likeness (QED) is 0.329. The summed E-state index contributed by atoms with van der Waals surface area (Å²) in [7, 11) is -2.95. The van der Waals surface area contributed by atoms with Crippen LogP contribution in [-0.4, -0.2) is 62.3 Å². The van der Waals surface area contributed by atoms with E-state index in [0.29, 0.717) is 29.5 Å². The highest BCUT2D eigenvalue weighted by atomic mass is 32.2. The first-order valence-electron chi connectivity index (χ1n) is 17.9. The Kier molecular flexibility index (Phi) is 8.19. The van der Waals surface area contributed by atoms with Gasteiger partial charge in [-0.2, -0.15) is 0 Å². The van der Waals surface area contributed by atoms with Gasteiger partial charge in [-0.25, -0.2) is 8.42 Å². The maximum atomic E-state index is 12.4. The number of fused-ring (bicyclic) bond motifs is 7. The molecule has 1 heterocycles. The summed E-state index contributed by atoms with van der Waals surface area (Å²) in [4.78, 5) is 14.9. The van der Waals surface area contributed by atoms with Crippen molar-refractivity contribution in [1.82, 2.24) is 10.2 Å². The third kappa shape index (κ3) is 4.71. The van der Waals surface area contributed by atoms with Crippen molar-refractivity contribution in [3.63, 3.8) is 0 Å². The van der Waals surface area contributed by atoms with Gasteiger partial charge in [-0.1, -0.05) is 46.8 Å². The second kappa shape index (κ2) is 10.9. The molecule has 9 atom stereocenters. The maximum absolute atomic E-state index is 12.4. The molecule has 0 spiro atoms. The number of allylic oxidation sites excluding steroid dienone is 1. The van der Waals surface area contributed by atoms with E-state index < -0.39 is 9.84 Å². The molecule has 5 nitrogen and oxygen atoms in total. The van der Waals surface area contributed by atoms with E-state index in [9.17, 15) is 13.2 Å². The minimum Gasteiger partial charge on any atom is -0.309 e. The number of rotatable bonds is 6. The maximum Gasteiger partial charge on any atom is 0.150 e. The molecule has 1 saturated heterocycles. The van der Waals surface area contributed by atoms with Crippen molar-refractivity contribution in [2.45, 2.75) is 123 Å². The van der Waals surface area contributed by atoms with E-state index in [2.05, 4.69) is 58.3 Å². The molecule has 5 aliphatic carbocycles. The Morgan fingerprint density at radius 1 is 0.930 bits per heavy atom. The highest BCUT2D eigenvalue weighted by Gasteiger charge is 2.76. The molecule has 6 heteroatoms. The third-order valence-corrected chi connectivity index (χ3v) is 17.5. The first-order chi connectivity index (χ1) is 20.1. The summed E-state index contributed by atoms with van der Waals surface area (Å²) >= 11 is 0. The Morgan fingerprint density at radius 2 is 1.60 bits per heavy atom. The van der Waals surface area contributed by atoms with Crippen LogP contribution in [0.3, 0.4) is 0 Å². The van der Waals surface area contributed by atoms with Gasteiger partial charge in [0, 0.05) is 37.7 Å². The molecule has 0 aromatic heterocycles. The van der Waals surface area contributed by atoms with Gasteiger partial charge in [0.05, 0.1) is 5.25 Å². The minimum atomic E-state index is -2.95. The van der Waals surface area contributed by atoms with Crippen molar-refractivity contribution in [3.8, 4) is 0 Å². The van der Waals surface area contributed by atoms with E-state index in [1.54, 1.807) is 0 Å². The minimum absolute atomic E-state index is 0.0284. The van der Waals surface area contributed by atoms with E-state index in [4.69, 9.17) is 0 Å². The molecule has 244 valence electrons. The predicted octanol–water partition coefficient (Wildman–Crippen LogP) is 6.92. The molecule has 0 aromatic carbocycles. The first kappa shape index (κ1) is 32.2. The Labute approximate surface area is 263 Å². The summed E-state index contributed by atoms with van der Waals surface area (Å²) in [6.07, 6.45) is 13.4. The molecule has 0 radical (unpaired) electrons. The summed E-state index contributed by atoms with van der Waals surface area (Å²) in [5.41, 5.74) is 1.82. The van der Waals surface area contributed by atoms with Crippen LogP contribution in [-0.2, 0) is 14.6 Å². The number of nitrogens with zero attached hydrogens (tertiary/aromatic N) is 1. The van der Waals surface area contributed by atoms with E-state index in [1.165, 1.54) is 50.4 Å². The van der Waals surface area contributed by atoms with Crippen LogP contribution < -0.4 is 5.32 Å². The van der Waals surface area contributed by atoms with E-state index in [-0.39, 0.29) is 27.0 Å². The van der Waals surface area contributed by atoms with Crippen molar-refractivity contribution < 1.29 is 13.2 Å². The van der Waals surface area contributed by atoms with Gasteiger partial charge in [-0.05, 0) is 135 Å². The zero-order chi connectivity index (χ0) is 31.2. The van der Waals surface area contributed by atoms with Crippen LogP contribution in [0.15, 0.2) is 12.2 Å². The molecule has 0 bridgehead atoms. The molecule has 9 unspecified atom stereocenters. The molecule has 0 aromatic rings. The molecular formula is C37H62N2O3S. The number of likely N-dealkylation sites (tertiary alicyclic amines) is 1. The van der Waals surface area contributed by atoms with Crippen LogP contribution in [0.4, 0.5) is 0 Å². The SMILES string of the molecule is C=C(C)C1CCC2(NCCN3CCC(S(C)(=O)=O)CC3)C1(C)C1CCC3C4CCC(=O)CC4CCC3C1C(C)(C)C2(C)C.